The summed E-state index contributed by atoms with van der Waals surface area (Å²) < 4.78 is 5.71. The van der Waals surface area contributed by atoms with Crippen molar-refractivity contribution in [3.05, 3.63) is 0 Å². The number of ether oxygens (including phenoxy) is 1. The first-order valence-electron chi connectivity index (χ1n) is 17.0. The summed E-state index contributed by atoms with van der Waals surface area (Å²) in [5.41, 5.74) is -0.390. The number of hydrogen-bond acceptors (Lipinski definition) is 4. The zero-order valence-electron chi connectivity index (χ0n) is 27.5. The van der Waals surface area contributed by atoms with E-state index in [0.717, 1.165) is 18.8 Å². The highest BCUT2D eigenvalue weighted by Gasteiger charge is 2.70. The molecule has 0 aromatic heterocycles. The van der Waals surface area contributed by atoms with Gasteiger partial charge in [-0.1, -0.05) is 55.4 Å². The monoisotopic (exact) mass is 558 g/mol. The van der Waals surface area contributed by atoms with Crippen LogP contribution in [0, 0.1) is 81.3 Å². The highest BCUT2D eigenvalue weighted by atomic mass is 16.5. The van der Waals surface area contributed by atoms with Crippen LogP contribution in [-0.4, -0.2) is 41.4 Å². The number of aliphatic hydroxyl groups excluding tert-OH is 2. The third-order valence-corrected chi connectivity index (χ3v) is 15.0. The third kappa shape index (κ3) is 4.42. The van der Waals surface area contributed by atoms with Crippen molar-refractivity contribution in [1.29, 1.82) is 0 Å². The second kappa shape index (κ2) is 10.6. The Bertz CT molecular complexity index is 939. The molecule has 14 unspecified atom stereocenters. The van der Waals surface area contributed by atoms with Crippen molar-refractivity contribution in [3.63, 3.8) is 0 Å². The van der Waals surface area contributed by atoms with Gasteiger partial charge >= 0.3 is 0 Å². The second-order valence-corrected chi connectivity index (χ2v) is 17.1. The number of ketones is 1. The zero-order valence-corrected chi connectivity index (χ0v) is 27.5. The lowest BCUT2D eigenvalue weighted by atomic mass is 9.33. The molecule has 40 heavy (non-hydrogen) atoms. The Morgan fingerprint density at radius 3 is 2.12 bits per heavy atom. The van der Waals surface area contributed by atoms with Crippen LogP contribution < -0.4 is 0 Å². The van der Waals surface area contributed by atoms with Crippen molar-refractivity contribution in [2.45, 2.75) is 132 Å². The number of Topliss-reactive ketones (excluding diaryl/α,β-unsaturated/α-hetero) is 1. The van der Waals surface area contributed by atoms with Crippen molar-refractivity contribution >= 4 is 5.78 Å². The molecule has 5 aliphatic carbocycles. The minimum absolute atomic E-state index is 0.0486. The summed E-state index contributed by atoms with van der Waals surface area (Å²) in [6.45, 7) is 20.7. The van der Waals surface area contributed by atoms with Crippen molar-refractivity contribution in [2.24, 2.45) is 81.3 Å². The maximum Gasteiger partial charge on any atom is 0.135 e. The fourth-order valence-electron chi connectivity index (χ4n) is 13.1. The Labute approximate surface area is 245 Å². The molecule has 0 bridgehead atoms. The normalized spacial score (nSPS) is 56.7. The van der Waals surface area contributed by atoms with Gasteiger partial charge in [0.15, 0.2) is 0 Å². The van der Waals surface area contributed by atoms with Gasteiger partial charge in [-0.25, -0.2) is 0 Å². The lowest BCUT2D eigenvalue weighted by Gasteiger charge is -2.72. The quantitative estimate of drug-likeness (QED) is 0.377. The van der Waals surface area contributed by atoms with Gasteiger partial charge in [0.05, 0.1) is 18.3 Å². The van der Waals surface area contributed by atoms with Gasteiger partial charge in [-0.15, -0.1) is 0 Å². The van der Waals surface area contributed by atoms with Crippen molar-refractivity contribution in [2.75, 3.05) is 7.11 Å². The van der Waals surface area contributed by atoms with Gasteiger partial charge in [0.2, 0.25) is 0 Å². The molecule has 4 heteroatoms. The van der Waals surface area contributed by atoms with Crippen LogP contribution in [0.4, 0.5) is 0 Å². The summed E-state index contributed by atoms with van der Waals surface area (Å²) >= 11 is 0. The summed E-state index contributed by atoms with van der Waals surface area (Å²) in [7, 11) is 1.86. The van der Waals surface area contributed by atoms with Crippen LogP contribution in [0.2, 0.25) is 0 Å². The number of hydrogen-bond donors (Lipinski definition) is 2. The molecule has 230 valence electrons. The molecule has 4 nitrogen and oxygen atoms in total. The molecule has 0 aromatic carbocycles. The lowest BCUT2D eigenvalue weighted by molar-refractivity contribution is -0.274. The van der Waals surface area contributed by atoms with Gasteiger partial charge in [-0.05, 0) is 128 Å². The van der Waals surface area contributed by atoms with Gasteiger partial charge in [0.25, 0.3) is 0 Å². The number of carbonyl (C=O) groups excluding carboxylic acids is 1. The summed E-state index contributed by atoms with van der Waals surface area (Å²) in [5.74, 6) is 4.41. The van der Waals surface area contributed by atoms with Gasteiger partial charge < -0.3 is 14.9 Å². The van der Waals surface area contributed by atoms with Crippen LogP contribution in [0.1, 0.15) is 114 Å². The molecule has 5 fully saturated rings. The predicted octanol–water partition coefficient (Wildman–Crippen LogP) is 7.40. The van der Waals surface area contributed by atoms with Crippen molar-refractivity contribution in [1.82, 2.24) is 0 Å². The van der Waals surface area contributed by atoms with Gasteiger partial charge in [-0.2, -0.15) is 0 Å². The van der Waals surface area contributed by atoms with Crippen molar-refractivity contribution < 1.29 is 19.7 Å². The number of fused-ring (bicyclic) bond motifs is 3. The molecular weight excluding hydrogens is 496 g/mol. The van der Waals surface area contributed by atoms with E-state index in [-0.39, 0.29) is 51.8 Å². The molecule has 0 spiro atoms. The predicted molar refractivity (Wildman–Crippen MR) is 162 cm³/mol. The number of carbonyl (C=O) groups is 1. The maximum absolute atomic E-state index is 12.8. The van der Waals surface area contributed by atoms with Crippen LogP contribution >= 0.6 is 0 Å². The Kier molecular flexibility index (Phi) is 8.23. The third-order valence-electron chi connectivity index (χ3n) is 15.0. The maximum atomic E-state index is 12.8. The summed E-state index contributed by atoms with van der Waals surface area (Å²) in [4.78, 5) is 12.8. The van der Waals surface area contributed by atoms with Crippen molar-refractivity contribution in [3.8, 4) is 0 Å². The average molecular weight is 559 g/mol. The Morgan fingerprint density at radius 2 is 1.57 bits per heavy atom. The first-order chi connectivity index (χ1) is 18.6. The van der Waals surface area contributed by atoms with E-state index in [1.807, 2.05) is 7.11 Å². The smallest absolute Gasteiger partial charge is 0.135 e. The molecule has 2 N–H and O–H groups in total. The van der Waals surface area contributed by atoms with Gasteiger partial charge in [0.1, 0.15) is 5.78 Å². The molecule has 5 saturated carbocycles. The van der Waals surface area contributed by atoms with E-state index < -0.39 is 6.10 Å². The average Bonchev–Trinajstić information content (AvgIpc) is 2.85. The standard InChI is InChI=1S/C36H62O4/c1-19(2)26-15-27(24-11-13-25(40-10)14-12-24)21(4)30-28(26)17-34(7)18-35(8)16-20(3)29(23(6)37)33(39)36(35,9)22(5)31(34)32(30)38/h19-22,24-33,38-39H,11-18H2,1-10H3. The first kappa shape index (κ1) is 31.0. The van der Waals surface area contributed by atoms with Gasteiger partial charge in [0, 0.05) is 18.4 Å². The van der Waals surface area contributed by atoms with Crippen LogP contribution in [-0.2, 0) is 9.53 Å². The van der Waals surface area contributed by atoms with Crippen LogP contribution in [0.3, 0.4) is 0 Å². The number of methoxy groups -OCH3 is 1. The lowest BCUT2D eigenvalue weighted by Crippen LogP contribution is -2.70. The highest BCUT2D eigenvalue weighted by molar-refractivity contribution is 5.79. The molecule has 0 radical (unpaired) electrons. The van der Waals surface area contributed by atoms with E-state index in [2.05, 4.69) is 55.4 Å². The first-order valence-corrected chi connectivity index (χ1v) is 17.0. The fraction of sp³-hybridized carbons (Fsp3) is 0.972. The van der Waals surface area contributed by atoms with E-state index in [9.17, 15) is 15.0 Å². The number of aliphatic hydroxyl groups is 2. The van der Waals surface area contributed by atoms with E-state index in [0.29, 0.717) is 41.6 Å². The summed E-state index contributed by atoms with van der Waals surface area (Å²) in [6.07, 6.45) is 8.84. The number of rotatable bonds is 4. The topological polar surface area (TPSA) is 66.8 Å². The molecule has 5 rings (SSSR count). The molecule has 0 aromatic rings. The van der Waals surface area contributed by atoms with Crippen LogP contribution in [0.25, 0.3) is 0 Å². The molecule has 0 saturated heterocycles. The molecule has 0 aliphatic heterocycles. The van der Waals surface area contributed by atoms with Crippen LogP contribution in [0.15, 0.2) is 0 Å². The Morgan fingerprint density at radius 1 is 0.950 bits per heavy atom. The molecular formula is C36H62O4. The summed E-state index contributed by atoms with van der Waals surface area (Å²) in [5, 5.41) is 24.6. The minimum atomic E-state index is -0.654. The molecule has 0 amide bonds. The fourth-order valence-corrected chi connectivity index (χ4v) is 13.1. The minimum Gasteiger partial charge on any atom is -0.392 e. The molecule has 14 atom stereocenters. The molecule has 5 aliphatic rings. The van der Waals surface area contributed by atoms with E-state index in [1.165, 1.54) is 38.5 Å². The Balaban J connectivity index is 1.51. The summed E-state index contributed by atoms with van der Waals surface area (Å²) in [6, 6.07) is 0. The van der Waals surface area contributed by atoms with Gasteiger partial charge in [-0.3, -0.25) is 4.79 Å². The largest absolute Gasteiger partial charge is 0.392 e. The highest BCUT2D eigenvalue weighted by Crippen LogP contribution is 2.73. The van der Waals surface area contributed by atoms with Crippen LogP contribution in [0.5, 0.6) is 0 Å². The zero-order chi connectivity index (χ0) is 29.5. The Hall–Kier alpha value is -0.450. The van der Waals surface area contributed by atoms with E-state index in [1.54, 1.807) is 6.92 Å². The SMILES string of the molecule is COC1CCC(C2CC(C(C)C)C3CC4(C)CC5(C)CC(C)C(C(C)=O)C(O)C5(C)C(C)C4C(O)C3C2C)CC1. The van der Waals surface area contributed by atoms with E-state index >= 15 is 0 Å². The second-order valence-electron chi connectivity index (χ2n) is 17.1. The molecule has 0 heterocycles. The van der Waals surface area contributed by atoms with E-state index in [4.69, 9.17) is 4.74 Å².